The lowest BCUT2D eigenvalue weighted by atomic mass is 10.1. The lowest BCUT2D eigenvalue weighted by molar-refractivity contribution is -0.139. The number of halogens is 1. The van der Waals surface area contributed by atoms with Gasteiger partial charge in [-0.1, -0.05) is 13.5 Å². The molecule has 0 saturated heterocycles. The molecule has 0 aromatic carbocycles. The highest BCUT2D eigenvalue weighted by Crippen LogP contribution is 2.17. The first-order valence-corrected chi connectivity index (χ1v) is 4.08. The van der Waals surface area contributed by atoms with Crippen LogP contribution in [0.3, 0.4) is 0 Å². The van der Waals surface area contributed by atoms with E-state index in [0.29, 0.717) is 12.2 Å². The van der Waals surface area contributed by atoms with Gasteiger partial charge in [-0.05, 0) is 6.42 Å². The van der Waals surface area contributed by atoms with E-state index >= 15 is 0 Å². The molecule has 1 atom stereocenters. The summed E-state index contributed by atoms with van der Waals surface area (Å²) in [6, 6.07) is 0. The standard InChI is InChI=1S/C9H12N2O2.BrH/c1-3-7(9(12)13)8-10-5-6-11(8)4-2;/h4-7H,2-3H2,1H3,(H,12,13);1H. The van der Waals surface area contributed by atoms with Crippen molar-refractivity contribution in [3.63, 3.8) is 0 Å². The zero-order chi connectivity index (χ0) is 9.84. The first kappa shape index (κ1) is 12.9. The molecule has 0 radical (unpaired) electrons. The Labute approximate surface area is 93.0 Å². The number of rotatable bonds is 4. The molecule has 1 rings (SSSR count). The number of hydrogen-bond acceptors (Lipinski definition) is 2. The topological polar surface area (TPSA) is 55.1 Å². The van der Waals surface area contributed by atoms with Crippen LogP contribution in [0.1, 0.15) is 25.1 Å². The van der Waals surface area contributed by atoms with Crippen molar-refractivity contribution in [2.45, 2.75) is 19.3 Å². The number of hydrogen-bond donors (Lipinski definition) is 1. The molecule has 0 aliphatic rings. The molecule has 4 nitrogen and oxygen atoms in total. The molecule has 78 valence electrons. The van der Waals surface area contributed by atoms with E-state index in [4.69, 9.17) is 5.11 Å². The van der Waals surface area contributed by atoms with E-state index in [1.807, 2.05) is 6.92 Å². The van der Waals surface area contributed by atoms with Crippen molar-refractivity contribution < 1.29 is 9.90 Å². The normalized spacial score (nSPS) is 11.5. The van der Waals surface area contributed by atoms with Gasteiger partial charge in [0.15, 0.2) is 0 Å². The molecule has 14 heavy (non-hydrogen) atoms. The molecule has 1 heterocycles. The van der Waals surface area contributed by atoms with Crippen LogP contribution >= 0.6 is 17.0 Å². The zero-order valence-corrected chi connectivity index (χ0v) is 9.59. The monoisotopic (exact) mass is 260 g/mol. The van der Waals surface area contributed by atoms with E-state index in [2.05, 4.69) is 11.6 Å². The van der Waals surface area contributed by atoms with Gasteiger partial charge < -0.3 is 9.67 Å². The van der Waals surface area contributed by atoms with E-state index in [1.165, 1.54) is 0 Å². The second-order valence-electron chi connectivity index (χ2n) is 2.67. The Morgan fingerprint density at radius 3 is 2.93 bits per heavy atom. The molecule has 1 unspecified atom stereocenters. The number of aromatic nitrogens is 2. The Bertz CT molecular complexity index is 322. The first-order valence-electron chi connectivity index (χ1n) is 4.08. The largest absolute Gasteiger partial charge is 0.481 e. The van der Waals surface area contributed by atoms with Gasteiger partial charge >= 0.3 is 5.97 Å². The SMILES string of the molecule is Br.C=Cn1ccnc1C(CC)C(=O)O. The summed E-state index contributed by atoms with van der Waals surface area (Å²) in [4.78, 5) is 14.8. The minimum absolute atomic E-state index is 0. The quantitative estimate of drug-likeness (QED) is 0.903. The predicted octanol–water partition coefficient (Wildman–Crippen LogP) is 2.14. The van der Waals surface area contributed by atoms with E-state index < -0.39 is 11.9 Å². The molecule has 0 fully saturated rings. The minimum Gasteiger partial charge on any atom is -0.481 e. The van der Waals surface area contributed by atoms with Crippen LogP contribution < -0.4 is 0 Å². The van der Waals surface area contributed by atoms with Gasteiger partial charge in [0.05, 0.1) is 0 Å². The fourth-order valence-electron chi connectivity index (χ4n) is 1.22. The Kier molecular flexibility index (Phi) is 5.15. The van der Waals surface area contributed by atoms with Gasteiger partial charge in [0, 0.05) is 18.6 Å². The Morgan fingerprint density at radius 2 is 2.50 bits per heavy atom. The number of aliphatic carboxylic acids is 1. The average Bonchev–Trinajstić information content (AvgIpc) is 2.53. The highest BCUT2D eigenvalue weighted by molar-refractivity contribution is 8.93. The maximum absolute atomic E-state index is 10.8. The molecule has 0 aliphatic heterocycles. The number of carboxylic acids is 1. The molecule has 5 heteroatoms. The molecule has 0 amide bonds. The Balaban J connectivity index is 0.00000169. The van der Waals surface area contributed by atoms with Gasteiger partial charge in [-0.25, -0.2) is 4.98 Å². The van der Waals surface area contributed by atoms with Crippen LogP contribution in [0, 0.1) is 0 Å². The third kappa shape index (κ3) is 2.45. The van der Waals surface area contributed by atoms with Crippen molar-refractivity contribution in [1.82, 2.24) is 9.55 Å². The van der Waals surface area contributed by atoms with Crippen LogP contribution in [0.5, 0.6) is 0 Å². The molecule has 0 spiro atoms. The van der Waals surface area contributed by atoms with Crippen LogP contribution in [0.2, 0.25) is 0 Å². The third-order valence-corrected chi connectivity index (χ3v) is 1.91. The maximum Gasteiger partial charge on any atom is 0.314 e. The van der Waals surface area contributed by atoms with Gasteiger partial charge in [-0.3, -0.25) is 4.79 Å². The molecular formula is C9H13BrN2O2. The Hall–Kier alpha value is -1.10. The molecule has 1 aromatic heterocycles. The summed E-state index contributed by atoms with van der Waals surface area (Å²) in [6.45, 7) is 5.39. The van der Waals surface area contributed by atoms with Crippen molar-refractivity contribution >= 4 is 29.2 Å². The molecular weight excluding hydrogens is 248 g/mol. The van der Waals surface area contributed by atoms with Gasteiger partial charge in [0.25, 0.3) is 0 Å². The minimum atomic E-state index is -0.850. The number of nitrogens with zero attached hydrogens (tertiary/aromatic N) is 2. The van der Waals surface area contributed by atoms with Crippen molar-refractivity contribution in [2.24, 2.45) is 0 Å². The summed E-state index contributed by atoms with van der Waals surface area (Å²) >= 11 is 0. The second kappa shape index (κ2) is 5.59. The second-order valence-corrected chi connectivity index (χ2v) is 2.67. The lowest BCUT2D eigenvalue weighted by Crippen LogP contribution is -2.14. The van der Waals surface area contributed by atoms with Crippen LogP contribution in [-0.2, 0) is 4.79 Å². The molecule has 0 aliphatic carbocycles. The summed E-state index contributed by atoms with van der Waals surface area (Å²) in [5, 5.41) is 8.88. The maximum atomic E-state index is 10.8. The molecule has 1 aromatic rings. The van der Waals surface area contributed by atoms with Crippen LogP contribution in [0.4, 0.5) is 0 Å². The third-order valence-electron chi connectivity index (χ3n) is 1.91. The molecule has 0 bridgehead atoms. The number of carbonyl (C=O) groups is 1. The van der Waals surface area contributed by atoms with Crippen LogP contribution in [0.15, 0.2) is 19.0 Å². The summed E-state index contributed by atoms with van der Waals surface area (Å²) in [5.74, 6) is -0.866. The number of imidazole rings is 1. The fraction of sp³-hybridized carbons (Fsp3) is 0.333. The van der Waals surface area contributed by atoms with Crippen molar-refractivity contribution in [1.29, 1.82) is 0 Å². The first-order chi connectivity index (χ1) is 6.20. The van der Waals surface area contributed by atoms with Gasteiger partial charge in [-0.15, -0.1) is 17.0 Å². The lowest BCUT2D eigenvalue weighted by Gasteiger charge is -2.08. The van der Waals surface area contributed by atoms with Crippen molar-refractivity contribution in [2.75, 3.05) is 0 Å². The summed E-state index contributed by atoms with van der Waals surface area (Å²) < 4.78 is 1.63. The highest BCUT2D eigenvalue weighted by Gasteiger charge is 2.21. The van der Waals surface area contributed by atoms with E-state index in [9.17, 15) is 4.79 Å². The van der Waals surface area contributed by atoms with E-state index in [1.54, 1.807) is 23.2 Å². The fourth-order valence-corrected chi connectivity index (χ4v) is 1.22. The van der Waals surface area contributed by atoms with Crippen LogP contribution in [0.25, 0.3) is 6.20 Å². The Morgan fingerprint density at radius 1 is 1.86 bits per heavy atom. The van der Waals surface area contributed by atoms with Crippen molar-refractivity contribution in [3.8, 4) is 0 Å². The van der Waals surface area contributed by atoms with E-state index in [0.717, 1.165) is 0 Å². The number of carboxylic acid groups (broad SMARTS) is 1. The smallest absolute Gasteiger partial charge is 0.314 e. The zero-order valence-electron chi connectivity index (χ0n) is 7.88. The summed E-state index contributed by atoms with van der Waals surface area (Å²) in [7, 11) is 0. The summed E-state index contributed by atoms with van der Waals surface area (Å²) in [5.41, 5.74) is 0. The average molecular weight is 261 g/mol. The molecule has 1 N–H and O–H groups in total. The predicted molar refractivity (Wildman–Crippen MR) is 59.6 cm³/mol. The van der Waals surface area contributed by atoms with Crippen LogP contribution in [-0.4, -0.2) is 20.6 Å². The van der Waals surface area contributed by atoms with Gasteiger partial charge in [-0.2, -0.15) is 0 Å². The highest BCUT2D eigenvalue weighted by atomic mass is 79.9. The van der Waals surface area contributed by atoms with Gasteiger partial charge in [0.2, 0.25) is 0 Å². The van der Waals surface area contributed by atoms with E-state index in [-0.39, 0.29) is 17.0 Å². The van der Waals surface area contributed by atoms with Crippen molar-refractivity contribution in [3.05, 3.63) is 24.8 Å². The summed E-state index contributed by atoms with van der Waals surface area (Å²) in [6.07, 6.45) is 5.34. The molecule has 0 saturated carbocycles. The van der Waals surface area contributed by atoms with Gasteiger partial charge in [0.1, 0.15) is 11.7 Å².